The summed E-state index contributed by atoms with van der Waals surface area (Å²) in [5.41, 5.74) is 7.45. The van der Waals surface area contributed by atoms with Crippen LogP contribution in [-0.2, 0) is 0 Å². The quantitative estimate of drug-likeness (QED) is 0.450. The number of benzene rings is 3. The molecule has 2 bridgehead atoms. The van der Waals surface area contributed by atoms with E-state index in [1.807, 2.05) is 24.3 Å². The van der Waals surface area contributed by atoms with E-state index in [-0.39, 0.29) is 11.8 Å². The Bertz CT molecular complexity index is 850. The van der Waals surface area contributed by atoms with Crippen molar-refractivity contribution in [2.75, 3.05) is 0 Å². The van der Waals surface area contributed by atoms with E-state index >= 15 is 0 Å². The highest BCUT2D eigenvalue weighted by atomic mass is 16.3. The van der Waals surface area contributed by atoms with Crippen LogP contribution in [0.3, 0.4) is 0 Å². The molecule has 0 fully saturated rings. The minimum absolute atomic E-state index is 0.138. The van der Waals surface area contributed by atoms with Gasteiger partial charge in [0, 0.05) is 11.8 Å². The summed E-state index contributed by atoms with van der Waals surface area (Å²) in [7, 11) is 0. The van der Waals surface area contributed by atoms with Crippen molar-refractivity contribution in [3.63, 3.8) is 0 Å². The molecule has 0 aliphatic heterocycles. The van der Waals surface area contributed by atoms with Gasteiger partial charge in [-0.1, -0.05) is 36.4 Å². The van der Waals surface area contributed by atoms with E-state index in [2.05, 4.69) is 24.3 Å². The summed E-state index contributed by atoms with van der Waals surface area (Å²) < 4.78 is 0. The Hall–Kier alpha value is -2.74. The molecular weight excluding hydrogens is 272 g/mol. The highest BCUT2D eigenvalue weighted by Crippen LogP contribution is 2.56. The lowest BCUT2D eigenvalue weighted by molar-refractivity contribution is 0.471. The van der Waals surface area contributed by atoms with Gasteiger partial charge in [-0.05, 0) is 57.6 Å². The second kappa shape index (κ2) is 3.92. The number of aromatic hydroxyl groups is 2. The monoisotopic (exact) mass is 286 g/mol. The van der Waals surface area contributed by atoms with E-state index in [4.69, 9.17) is 0 Å². The zero-order chi connectivity index (χ0) is 14.8. The van der Waals surface area contributed by atoms with Gasteiger partial charge >= 0.3 is 0 Å². The highest BCUT2D eigenvalue weighted by Gasteiger charge is 2.41. The Labute approximate surface area is 128 Å². The van der Waals surface area contributed by atoms with Gasteiger partial charge in [-0.15, -0.1) is 0 Å². The molecule has 2 heteroatoms. The predicted molar refractivity (Wildman–Crippen MR) is 84.5 cm³/mol. The third-order valence-corrected chi connectivity index (χ3v) is 5.00. The SMILES string of the molecule is Oc1ccc2c(c1)C1c3ccccc3C2c2cc(O)ccc21. The molecule has 0 radical (unpaired) electrons. The van der Waals surface area contributed by atoms with Crippen molar-refractivity contribution in [3.8, 4) is 11.5 Å². The van der Waals surface area contributed by atoms with Crippen molar-refractivity contribution in [1.29, 1.82) is 0 Å². The molecule has 6 rings (SSSR count). The fraction of sp³-hybridized carbons (Fsp3) is 0.100. The van der Waals surface area contributed by atoms with Gasteiger partial charge < -0.3 is 10.2 Å². The zero-order valence-electron chi connectivity index (χ0n) is 11.8. The van der Waals surface area contributed by atoms with Crippen LogP contribution in [0.1, 0.15) is 45.2 Å². The Kier molecular flexibility index (Phi) is 2.11. The Morgan fingerprint density at radius 2 is 0.909 bits per heavy atom. The maximum absolute atomic E-state index is 9.92. The van der Waals surface area contributed by atoms with Crippen molar-refractivity contribution >= 4 is 0 Å². The van der Waals surface area contributed by atoms with E-state index < -0.39 is 0 Å². The summed E-state index contributed by atoms with van der Waals surface area (Å²) >= 11 is 0. The van der Waals surface area contributed by atoms with E-state index in [1.54, 1.807) is 12.1 Å². The summed E-state index contributed by atoms with van der Waals surface area (Å²) in [6.45, 7) is 0. The number of hydrogen-bond donors (Lipinski definition) is 2. The van der Waals surface area contributed by atoms with Gasteiger partial charge in [0.2, 0.25) is 0 Å². The first-order valence-electron chi connectivity index (χ1n) is 7.48. The van der Waals surface area contributed by atoms with Crippen LogP contribution in [0.15, 0.2) is 60.7 Å². The normalized spacial score (nSPS) is 20.2. The number of phenolic OH excluding ortho intramolecular Hbond substituents is 2. The molecule has 2 nitrogen and oxygen atoms in total. The topological polar surface area (TPSA) is 40.5 Å². The van der Waals surface area contributed by atoms with Gasteiger partial charge in [-0.3, -0.25) is 0 Å². The summed E-state index contributed by atoms with van der Waals surface area (Å²) in [4.78, 5) is 0. The molecule has 3 aromatic carbocycles. The first kappa shape index (κ1) is 11.9. The van der Waals surface area contributed by atoms with Gasteiger partial charge in [0.15, 0.2) is 0 Å². The van der Waals surface area contributed by atoms with Gasteiger partial charge in [0.1, 0.15) is 11.5 Å². The molecule has 106 valence electrons. The molecule has 0 heterocycles. The molecule has 0 spiro atoms. The molecule has 2 N–H and O–H groups in total. The second-order valence-corrected chi connectivity index (χ2v) is 6.12. The minimum Gasteiger partial charge on any atom is -0.508 e. The molecule has 0 amide bonds. The van der Waals surface area contributed by atoms with Crippen molar-refractivity contribution in [1.82, 2.24) is 0 Å². The Morgan fingerprint density at radius 3 is 1.36 bits per heavy atom. The van der Waals surface area contributed by atoms with Crippen LogP contribution in [0.5, 0.6) is 11.5 Å². The van der Waals surface area contributed by atoms with E-state index in [9.17, 15) is 10.2 Å². The molecular formula is C20H14O2. The van der Waals surface area contributed by atoms with Crippen LogP contribution in [0.2, 0.25) is 0 Å². The first-order chi connectivity index (χ1) is 10.7. The fourth-order valence-electron chi connectivity index (χ4n) is 4.19. The van der Waals surface area contributed by atoms with E-state index in [0.717, 1.165) is 0 Å². The number of hydrogen-bond acceptors (Lipinski definition) is 2. The third-order valence-electron chi connectivity index (χ3n) is 5.00. The van der Waals surface area contributed by atoms with Crippen molar-refractivity contribution in [2.24, 2.45) is 0 Å². The zero-order valence-corrected chi connectivity index (χ0v) is 11.8. The van der Waals surface area contributed by atoms with Crippen molar-refractivity contribution < 1.29 is 10.2 Å². The number of phenols is 2. The molecule has 0 saturated heterocycles. The smallest absolute Gasteiger partial charge is 0.115 e. The highest BCUT2D eigenvalue weighted by molar-refractivity contribution is 5.69. The fourth-order valence-corrected chi connectivity index (χ4v) is 4.19. The standard InChI is InChI=1S/C20H14O2/c21-11-6-8-16-17(9-11)19-13-3-1-2-4-14(13)20(16)18-10-12(22)5-7-15(18)19/h1-10,19-22H. The van der Waals surface area contributed by atoms with Crippen molar-refractivity contribution in [3.05, 3.63) is 94.0 Å². The predicted octanol–water partition coefficient (Wildman–Crippen LogP) is 4.09. The minimum atomic E-state index is 0.138. The first-order valence-corrected chi connectivity index (χ1v) is 7.48. The maximum atomic E-state index is 9.92. The van der Waals surface area contributed by atoms with Crippen LogP contribution in [0.4, 0.5) is 0 Å². The van der Waals surface area contributed by atoms with Crippen LogP contribution in [0, 0.1) is 0 Å². The van der Waals surface area contributed by atoms with Gasteiger partial charge in [0.25, 0.3) is 0 Å². The molecule has 3 aromatic rings. The second-order valence-electron chi connectivity index (χ2n) is 6.12. The Balaban J connectivity index is 1.90. The molecule has 3 aliphatic carbocycles. The average molecular weight is 286 g/mol. The summed E-state index contributed by atoms with van der Waals surface area (Å²) in [5.74, 6) is 0.894. The van der Waals surface area contributed by atoms with Crippen LogP contribution in [0.25, 0.3) is 0 Å². The molecule has 22 heavy (non-hydrogen) atoms. The van der Waals surface area contributed by atoms with Crippen LogP contribution < -0.4 is 0 Å². The molecule has 3 aliphatic rings. The lowest BCUT2D eigenvalue weighted by Gasteiger charge is -2.42. The van der Waals surface area contributed by atoms with Gasteiger partial charge in [-0.25, -0.2) is 0 Å². The largest absolute Gasteiger partial charge is 0.508 e. The molecule has 0 saturated carbocycles. The van der Waals surface area contributed by atoms with Crippen LogP contribution in [-0.4, -0.2) is 10.2 Å². The van der Waals surface area contributed by atoms with Gasteiger partial charge in [0.05, 0.1) is 0 Å². The molecule has 0 aromatic heterocycles. The molecule has 2 atom stereocenters. The van der Waals surface area contributed by atoms with E-state index in [0.29, 0.717) is 11.5 Å². The van der Waals surface area contributed by atoms with Gasteiger partial charge in [-0.2, -0.15) is 0 Å². The lowest BCUT2D eigenvalue weighted by Crippen LogP contribution is -2.27. The maximum Gasteiger partial charge on any atom is 0.115 e. The third kappa shape index (κ3) is 1.34. The summed E-state index contributed by atoms with van der Waals surface area (Å²) in [5, 5.41) is 19.8. The summed E-state index contributed by atoms with van der Waals surface area (Å²) in [6, 6.07) is 19.8. The van der Waals surface area contributed by atoms with Crippen molar-refractivity contribution in [2.45, 2.75) is 11.8 Å². The Morgan fingerprint density at radius 1 is 0.500 bits per heavy atom. The summed E-state index contributed by atoms with van der Waals surface area (Å²) in [6.07, 6.45) is 0. The van der Waals surface area contributed by atoms with E-state index in [1.165, 1.54) is 33.4 Å². The van der Waals surface area contributed by atoms with Crippen LogP contribution >= 0.6 is 0 Å². The lowest BCUT2D eigenvalue weighted by atomic mass is 9.61. The average Bonchev–Trinajstić information content (AvgIpc) is 2.54. The molecule has 2 unspecified atom stereocenters. The number of rotatable bonds is 0.